The summed E-state index contributed by atoms with van der Waals surface area (Å²) in [6.45, 7) is 0. The molecule has 13 heavy (non-hydrogen) atoms. The molecular weight excluding hydrogens is 262 g/mol. The van der Waals surface area contributed by atoms with Gasteiger partial charge in [0.1, 0.15) is 5.82 Å². The predicted molar refractivity (Wildman–Crippen MR) is 50.4 cm³/mol. The number of carbonyl (C=O) groups excluding carboxylic acids is 1. The first kappa shape index (κ1) is 10.5. The molecule has 1 aromatic rings. The Bertz CT molecular complexity index is 331. The summed E-state index contributed by atoms with van der Waals surface area (Å²) in [5.74, 6) is -1.11. The molecule has 0 spiro atoms. The summed E-state index contributed by atoms with van der Waals surface area (Å²) >= 11 is 8.65. The molecule has 0 bridgehead atoms. The van der Waals surface area contributed by atoms with Crippen LogP contribution in [0.3, 0.4) is 0 Å². The SMILES string of the molecule is COC(=O)c1c(Cl)cc(F)cc1Br. The average Bonchev–Trinajstić information content (AvgIpc) is 2.02. The molecule has 5 heteroatoms. The van der Waals surface area contributed by atoms with E-state index in [9.17, 15) is 9.18 Å². The van der Waals surface area contributed by atoms with E-state index in [-0.39, 0.29) is 15.1 Å². The lowest BCUT2D eigenvalue weighted by Gasteiger charge is -2.04. The average molecular weight is 267 g/mol. The van der Waals surface area contributed by atoms with Crippen molar-refractivity contribution >= 4 is 33.5 Å². The quantitative estimate of drug-likeness (QED) is 0.731. The molecular formula is C8H5BrClFO2. The molecule has 0 unspecified atom stereocenters. The van der Waals surface area contributed by atoms with Gasteiger partial charge in [-0.2, -0.15) is 0 Å². The normalized spacial score (nSPS) is 9.85. The molecule has 0 atom stereocenters. The van der Waals surface area contributed by atoms with Crippen molar-refractivity contribution in [3.8, 4) is 0 Å². The van der Waals surface area contributed by atoms with Gasteiger partial charge in [-0.05, 0) is 28.1 Å². The molecule has 0 heterocycles. The van der Waals surface area contributed by atoms with E-state index in [2.05, 4.69) is 20.7 Å². The van der Waals surface area contributed by atoms with Crippen LogP contribution >= 0.6 is 27.5 Å². The molecule has 0 aliphatic heterocycles. The van der Waals surface area contributed by atoms with Gasteiger partial charge in [0.15, 0.2) is 0 Å². The van der Waals surface area contributed by atoms with E-state index in [1.54, 1.807) is 0 Å². The Kier molecular flexibility index (Phi) is 3.27. The van der Waals surface area contributed by atoms with Crippen LogP contribution in [0.15, 0.2) is 16.6 Å². The van der Waals surface area contributed by atoms with Crippen LogP contribution in [0, 0.1) is 5.82 Å². The van der Waals surface area contributed by atoms with Crippen molar-refractivity contribution in [1.29, 1.82) is 0 Å². The maximum atomic E-state index is 12.7. The maximum absolute atomic E-state index is 12.7. The number of hydrogen-bond donors (Lipinski definition) is 0. The highest BCUT2D eigenvalue weighted by Gasteiger charge is 2.15. The number of methoxy groups -OCH3 is 1. The molecule has 2 nitrogen and oxygen atoms in total. The molecule has 1 rings (SSSR count). The summed E-state index contributed by atoms with van der Waals surface area (Å²) in [5.41, 5.74) is 0.130. The van der Waals surface area contributed by atoms with E-state index in [0.29, 0.717) is 0 Å². The highest BCUT2D eigenvalue weighted by Crippen LogP contribution is 2.26. The van der Waals surface area contributed by atoms with Crippen molar-refractivity contribution in [2.75, 3.05) is 7.11 Å². The van der Waals surface area contributed by atoms with Gasteiger partial charge in [-0.25, -0.2) is 9.18 Å². The summed E-state index contributed by atoms with van der Waals surface area (Å²) in [4.78, 5) is 11.1. The second kappa shape index (κ2) is 4.07. The van der Waals surface area contributed by atoms with Crippen LogP contribution in [0.5, 0.6) is 0 Å². The number of hydrogen-bond acceptors (Lipinski definition) is 2. The Morgan fingerprint density at radius 2 is 2.23 bits per heavy atom. The van der Waals surface area contributed by atoms with E-state index in [0.717, 1.165) is 12.1 Å². The summed E-state index contributed by atoms with van der Waals surface area (Å²) in [6, 6.07) is 2.21. The van der Waals surface area contributed by atoms with Gasteiger partial charge in [0.05, 0.1) is 17.7 Å². The van der Waals surface area contributed by atoms with Crippen molar-refractivity contribution in [1.82, 2.24) is 0 Å². The third-order valence-corrected chi connectivity index (χ3v) is 2.32. The summed E-state index contributed by atoms with van der Waals surface area (Å²) in [6.07, 6.45) is 0. The Balaban J connectivity index is 3.28. The largest absolute Gasteiger partial charge is 0.465 e. The van der Waals surface area contributed by atoms with Gasteiger partial charge >= 0.3 is 5.97 Å². The summed E-state index contributed by atoms with van der Waals surface area (Å²) in [7, 11) is 1.23. The summed E-state index contributed by atoms with van der Waals surface area (Å²) in [5, 5.41) is 0.0266. The first-order valence-electron chi connectivity index (χ1n) is 3.29. The fraction of sp³-hybridized carbons (Fsp3) is 0.125. The standard InChI is InChI=1S/C8H5BrClFO2/c1-13-8(12)7-5(9)2-4(11)3-6(7)10/h2-3H,1H3. The zero-order chi connectivity index (χ0) is 10.0. The number of benzene rings is 1. The monoisotopic (exact) mass is 266 g/mol. The van der Waals surface area contributed by atoms with E-state index < -0.39 is 11.8 Å². The molecule has 0 saturated heterocycles. The molecule has 0 saturated carbocycles. The number of rotatable bonds is 1. The van der Waals surface area contributed by atoms with Crippen LogP contribution < -0.4 is 0 Å². The fourth-order valence-corrected chi connectivity index (χ4v) is 1.83. The van der Waals surface area contributed by atoms with Crippen LogP contribution in [-0.4, -0.2) is 13.1 Å². The van der Waals surface area contributed by atoms with Crippen LogP contribution in [0.2, 0.25) is 5.02 Å². The van der Waals surface area contributed by atoms with E-state index in [4.69, 9.17) is 11.6 Å². The molecule has 1 aromatic carbocycles. The maximum Gasteiger partial charge on any atom is 0.340 e. The summed E-state index contributed by atoms with van der Waals surface area (Å²) < 4.78 is 17.5. The number of carbonyl (C=O) groups is 1. The van der Waals surface area contributed by atoms with Crippen molar-refractivity contribution in [3.05, 3.63) is 33.0 Å². The Labute approximate surface area is 87.8 Å². The van der Waals surface area contributed by atoms with Gasteiger partial charge in [-0.3, -0.25) is 0 Å². The van der Waals surface area contributed by atoms with Gasteiger partial charge in [0.25, 0.3) is 0 Å². The van der Waals surface area contributed by atoms with Crippen molar-refractivity contribution in [2.45, 2.75) is 0 Å². The van der Waals surface area contributed by atoms with Crippen LogP contribution in [0.1, 0.15) is 10.4 Å². The lowest BCUT2D eigenvalue weighted by Crippen LogP contribution is -2.03. The lowest BCUT2D eigenvalue weighted by molar-refractivity contribution is 0.0600. The minimum atomic E-state index is -0.600. The number of halogens is 3. The predicted octanol–water partition coefficient (Wildman–Crippen LogP) is 3.03. The topological polar surface area (TPSA) is 26.3 Å². The molecule has 70 valence electrons. The van der Waals surface area contributed by atoms with Crippen molar-refractivity contribution in [2.24, 2.45) is 0 Å². The van der Waals surface area contributed by atoms with Gasteiger partial charge in [0, 0.05) is 4.47 Å². The molecule has 0 aliphatic rings. The molecule has 0 aromatic heterocycles. The van der Waals surface area contributed by atoms with E-state index in [1.807, 2.05) is 0 Å². The van der Waals surface area contributed by atoms with Gasteiger partial charge in [0.2, 0.25) is 0 Å². The minimum absolute atomic E-state index is 0.0266. The van der Waals surface area contributed by atoms with Crippen LogP contribution in [-0.2, 0) is 4.74 Å². The van der Waals surface area contributed by atoms with Crippen LogP contribution in [0.4, 0.5) is 4.39 Å². The Morgan fingerprint density at radius 1 is 1.62 bits per heavy atom. The van der Waals surface area contributed by atoms with Crippen molar-refractivity contribution in [3.63, 3.8) is 0 Å². The second-order valence-electron chi connectivity index (χ2n) is 2.24. The number of ether oxygens (including phenoxy) is 1. The molecule has 0 radical (unpaired) electrons. The molecule has 0 amide bonds. The third kappa shape index (κ3) is 2.19. The van der Waals surface area contributed by atoms with Crippen molar-refractivity contribution < 1.29 is 13.9 Å². The van der Waals surface area contributed by atoms with Gasteiger partial charge < -0.3 is 4.74 Å². The lowest BCUT2D eigenvalue weighted by atomic mass is 10.2. The fourth-order valence-electron chi connectivity index (χ4n) is 0.839. The Morgan fingerprint density at radius 3 is 2.69 bits per heavy atom. The molecule has 0 aliphatic carbocycles. The van der Waals surface area contributed by atoms with E-state index in [1.165, 1.54) is 7.11 Å². The smallest absolute Gasteiger partial charge is 0.340 e. The number of esters is 1. The highest BCUT2D eigenvalue weighted by molar-refractivity contribution is 9.10. The van der Waals surface area contributed by atoms with E-state index >= 15 is 0 Å². The first-order chi connectivity index (χ1) is 6.06. The van der Waals surface area contributed by atoms with Crippen LogP contribution in [0.25, 0.3) is 0 Å². The minimum Gasteiger partial charge on any atom is -0.465 e. The molecule has 0 N–H and O–H groups in total. The highest BCUT2D eigenvalue weighted by atomic mass is 79.9. The third-order valence-electron chi connectivity index (χ3n) is 1.40. The zero-order valence-electron chi connectivity index (χ0n) is 6.61. The zero-order valence-corrected chi connectivity index (χ0v) is 8.95. The van der Waals surface area contributed by atoms with Gasteiger partial charge in [-0.15, -0.1) is 0 Å². The molecule has 0 fully saturated rings. The first-order valence-corrected chi connectivity index (χ1v) is 4.46. The van der Waals surface area contributed by atoms with Gasteiger partial charge in [-0.1, -0.05) is 11.6 Å². The Hall–Kier alpha value is -0.610. The second-order valence-corrected chi connectivity index (χ2v) is 3.50.